The number of aliphatic imine (C=N–C) groups is 1. The van der Waals surface area contributed by atoms with Crippen LogP contribution in [-0.2, 0) is 9.53 Å². The Morgan fingerprint density at radius 2 is 2.00 bits per heavy atom. The van der Waals surface area contributed by atoms with Crippen molar-refractivity contribution in [2.24, 2.45) is 10.9 Å². The summed E-state index contributed by atoms with van der Waals surface area (Å²) in [4.78, 5) is 38.2. The molecule has 0 aliphatic carbocycles. The molecule has 0 bridgehead atoms. The van der Waals surface area contributed by atoms with E-state index in [4.69, 9.17) is 4.74 Å². The number of likely N-dealkylation sites (N-methyl/N-ethyl adjacent to an activating group) is 1. The Balaban J connectivity index is 1.91. The van der Waals surface area contributed by atoms with Gasteiger partial charge >= 0.3 is 12.0 Å². The van der Waals surface area contributed by atoms with E-state index >= 15 is 0 Å². The molecule has 3 atom stereocenters. The highest BCUT2D eigenvalue weighted by Gasteiger charge is 2.37. The Morgan fingerprint density at radius 1 is 1.31 bits per heavy atom. The highest BCUT2D eigenvalue weighted by atomic mass is 19.1. The molecule has 0 unspecified atom stereocenters. The largest absolute Gasteiger partial charge is 0.463 e. The molecule has 2 saturated heterocycles. The molecule has 1 N–H and O–H groups in total. The number of urea groups is 1. The second-order valence-corrected chi connectivity index (χ2v) is 8.60. The summed E-state index contributed by atoms with van der Waals surface area (Å²) in [5.41, 5.74) is 1.92. The summed E-state index contributed by atoms with van der Waals surface area (Å²) in [5.74, 6) is 0.451. The van der Waals surface area contributed by atoms with Crippen LogP contribution < -0.4 is 0 Å². The van der Waals surface area contributed by atoms with Crippen molar-refractivity contribution in [1.82, 2.24) is 19.7 Å². The quantitative estimate of drug-likeness (QED) is 0.411. The molecule has 8 nitrogen and oxygen atoms in total. The first-order valence-electron chi connectivity index (χ1n) is 11.2. The lowest BCUT2D eigenvalue weighted by Crippen LogP contribution is -2.54. The maximum Gasteiger partial charge on any atom is 0.335 e. The third-order valence-electron chi connectivity index (χ3n) is 6.52. The van der Waals surface area contributed by atoms with Crippen LogP contribution in [0, 0.1) is 5.92 Å². The number of rotatable bonds is 6. The smallest absolute Gasteiger partial charge is 0.335 e. The molecular weight excluding hydrogens is 413 g/mol. The molecule has 0 radical (unpaired) electrons. The number of ether oxygens (including phenoxy) is 1. The van der Waals surface area contributed by atoms with Gasteiger partial charge in [0.15, 0.2) is 0 Å². The molecule has 32 heavy (non-hydrogen) atoms. The molecule has 0 saturated carbocycles. The normalized spacial score (nSPS) is 24.2. The van der Waals surface area contributed by atoms with Gasteiger partial charge in [-0.1, -0.05) is 6.92 Å². The summed E-state index contributed by atoms with van der Waals surface area (Å²) >= 11 is 0. The fourth-order valence-electron chi connectivity index (χ4n) is 4.66. The van der Waals surface area contributed by atoms with Crippen molar-refractivity contribution in [3.05, 3.63) is 23.4 Å². The number of piperidine rings is 1. The number of H-pyrrole nitrogens is 1. The summed E-state index contributed by atoms with van der Waals surface area (Å²) in [6, 6.07) is 1.71. The van der Waals surface area contributed by atoms with Crippen molar-refractivity contribution in [3.8, 4) is 0 Å². The molecule has 176 valence electrons. The predicted molar refractivity (Wildman–Crippen MR) is 123 cm³/mol. The summed E-state index contributed by atoms with van der Waals surface area (Å²) in [5, 5.41) is 0. The van der Waals surface area contributed by atoms with E-state index in [1.807, 2.05) is 13.1 Å². The van der Waals surface area contributed by atoms with Crippen molar-refractivity contribution in [3.63, 3.8) is 0 Å². The number of likely N-dealkylation sites (tertiary alicyclic amines) is 2. The fraction of sp³-hybridized carbons (Fsp3) is 0.609. The first-order valence-corrected chi connectivity index (χ1v) is 11.2. The molecule has 2 amide bonds. The van der Waals surface area contributed by atoms with Crippen molar-refractivity contribution in [2.75, 3.05) is 39.8 Å². The van der Waals surface area contributed by atoms with Gasteiger partial charge in [-0.25, -0.2) is 19.0 Å². The molecule has 1 aromatic rings. The van der Waals surface area contributed by atoms with E-state index in [-0.39, 0.29) is 31.1 Å². The van der Waals surface area contributed by atoms with Gasteiger partial charge in [0.25, 0.3) is 0 Å². The Bertz CT molecular complexity index is 883. The molecular formula is C23H34FN5O3. The third kappa shape index (κ3) is 4.81. The van der Waals surface area contributed by atoms with Gasteiger partial charge in [-0.2, -0.15) is 0 Å². The average Bonchev–Trinajstić information content (AvgIpc) is 3.42. The summed E-state index contributed by atoms with van der Waals surface area (Å²) in [6.07, 6.45) is 2.03. The van der Waals surface area contributed by atoms with Crippen LogP contribution in [0.2, 0.25) is 0 Å². The Morgan fingerprint density at radius 3 is 2.62 bits per heavy atom. The van der Waals surface area contributed by atoms with E-state index in [2.05, 4.69) is 28.5 Å². The number of halogens is 1. The highest BCUT2D eigenvalue weighted by Crippen LogP contribution is 2.34. The number of aromatic nitrogens is 1. The first kappa shape index (κ1) is 23.8. The lowest BCUT2D eigenvalue weighted by atomic mass is 9.91. The van der Waals surface area contributed by atoms with Crippen molar-refractivity contribution in [1.29, 1.82) is 0 Å². The van der Waals surface area contributed by atoms with Crippen LogP contribution in [0.4, 0.5) is 15.0 Å². The van der Waals surface area contributed by atoms with E-state index < -0.39 is 12.1 Å². The lowest BCUT2D eigenvalue weighted by Gasteiger charge is -2.44. The minimum atomic E-state index is -0.943. The minimum absolute atomic E-state index is 0.0385. The number of carbonyl (C=O) groups is 2. The van der Waals surface area contributed by atoms with Gasteiger partial charge in [-0.3, -0.25) is 0 Å². The van der Waals surface area contributed by atoms with E-state index in [1.165, 1.54) is 0 Å². The number of hydrogen-bond donors (Lipinski definition) is 1. The second-order valence-electron chi connectivity index (χ2n) is 8.60. The van der Waals surface area contributed by atoms with Gasteiger partial charge in [-0.15, -0.1) is 0 Å². The number of hydrogen-bond acceptors (Lipinski definition) is 5. The number of alkyl halides is 1. The number of carbonyl (C=O) groups excluding carboxylic acids is 2. The molecule has 2 aliphatic heterocycles. The van der Waals surface area contributed by atoms with Crippen LogP contribution in [0.15, 0.2) is 22.8 Å². The zero-order chi connectivity index (χ0) is 23.4. The van der Waals surface area contributed by atoms with E-state index in [9.17, 15) is 14.0 Å². The van der Waals surface area contributed by atoms with Crippen LogP contribution in [0.3, 0.4) is 0 Å². The van der Waals surface area contributed by atoms with Crippen LogP contribution >= 0.6 is 0 Å². The summed E-state index contributed by atoms with van der Waals surface area (Å²) in [6.45, 7) is 11.3. The minimum Gasteiger partial charge on any atom is -0.463 e. The lowest BCUT2D eigenvalue weighted by molar-refractivity contribution is -0.138. The molecule has 0 spiro atoms. The third-order valence-corrected chi connectivity index (χ3v) is 6.52. The first-order chi connectivity index (χ1) is 15.3. The monoisotopic (exact) mass is 447 g/mol. The van der Waals surface area contributed by atoms with Crippen molar-refractivity contribution in [2.45, 2.75) is 45.8 Å². The van der Waals surface area contributed by atoms with E-state index in [0.717, 1.165) is 12.0 Å². The Hall–Kier alpha value is -2.84. The average molecular weight is 448 g/mol. The second kappa shape index (κ2) is 10.2. The maximum atomic E-state index is 13.6. The van der Waals surface area contributed by atoms with Gasteiger partial charge in [0.2, 0.25) is 0 Å². The number of nitrogens with one attached hydrogen (secondary N) is 1. The zero-order valence-electron chi connectivity index (χ0n) is 19.4. The maximum absolute atomic E-state index is 13.6. The molecule has 3 rings (SSSR count). The fourth-order valence-corrected chi connectivity index (χ4v) is 4.66. The van der Waals surface area contributed by atoms with Gasteiger partial charge in [0, 0.05) is 44.5 Å². The Labute approximate surface area is 189 Å². The number of aromatic amines is 1. The molecule has 9 heteroatoms. The highest BCUT2D eigenvalue weighted by molar-refractivity contribution is 5.97. The van der Waals surface area contributed by atoms with E-state index in [1.54, 1.807) is 29.8 Å². The van der Waals surface area contributed by atoms with Gasteiger partial charge in [-0.05, 0) is 45.4 Å². The summed E-state index contributed by atoms with van der Waals surface area (Å²) < 4.78 is 18.9. The topological polar surface area (TPSA) is 81.2 Å². The number of esters is 1. The van der Waals surface area contributed by atoms with Crippen LogP contribution in [0.1, 0.15) is 39.2 Å². The SMILES string of the molecule is C=Nc1[nH]ccc1/C(=C(\C)C(=O)OCC)N(C)[C@H]1CN(C(=O)N2CC[C@@H](F)C2)CC[C@H]1C. The standard InChI is InChI=1S/C23H34FN5O3/c1-6-32-22(30)16(3)20(18-7-10-26-21(18)25-4)27(5)19-14-29(11-8-15(19)2)23(31)28-12-9-17(24)13-28/h7,10,15,17,19,26H,4,6,8-9,11-14H2,1-3,5H3/b20-16-/t15-,17-,19+/m1/s1. The van der Waals surface area contributed by atoms with Gasteiger partial charge in [0.1, 0.15) is 12.0 Å². The number of amides is 2. The molecule has 1 aromatic heterocycles. The van der Waals surface area contributed by atoms with Crippen LogP contribution in [0.25, 0.3) is 5.70 Å². The van der Waals surface area contributed by atoms with Gasteiger partial charge in [0.05, 0.1) is 24.4 Å². The Kier molecular flexibility index (Phi) is 7.58. The molecule has 2 aliphatic rings. The molecule has 0 aromatic carbocycles. The predicted octanol–water partition coefficient (Wildman–Crippen LogP) is 3.45. The van der Waals surface area contributed by atoms with Crippen LogP contribution in [0.5, 0.6) is 0 Å². The number of nitrogens with zero attached hydrogens (tertiary/aromatic N) is 4. The summed E-state index contributed by atoms with van der Waals surface area (Å²) in [7, 11) is 1.93. The zero-order valence-corrected chi connectivity index (χ0v) is 19.4. The van der Waals surface area contributed by atoms with Crippen molar-refractivity contribution >= 4 is 30.2 Å². The van der Waals surface area contributed by atoms with Crippen molar-refractivity contribution < 1.29 is 18.7 Å². The van der Waals surface area contributed by atoms with E-state index in [0.29, 0.717) is 43.1 Å². The molecule has 3 heterocycles. The van der Waals surface area contributed by atoms with Crippen LogP contribution in [-0.4, -0.2) is 90.4 Å². The van der Waals surface area contributed by atoms with Gasteiger partial charge < -0.3 is 24.4 Å². The molecule has 2 fully saturated rings.